The van der Waals surface area contributed by atoms with Crippen molar-refractivity contribution in [2.75, 3.05) is 17.9 Å². The number of halogens is 2. The van der Waals surface area contributed by atoms with Gasteiger partial charge in [0.1, 0.15) is 12.4 Å². The summed E-state index contributed by atoms with van der Waals surface area (Å²) in [7, 11) is -3.80. The Labute approximate surface area is 197 Å². The zero-order valence-electron chi connectivity index (χ0n) is 17.5. The maximum absolute atomic E-state index is 12.6. The first-order chi connectivity index (χ1) is 15.2. The number of nitrogens with one attached hydrogen (secondary N) is 2. The van der Waals surface area contributed by atoms with Crippen LogP contribution in [0.1, 0.15) is 21.5 Å². The highest BCUT2D eigenvalue weighted by molar-refractivity contribution is 7.92. The van der Waals surface area contributed by atoms with Gasteiger partial charge < -0.3 is 10.1 Å². The average molecular weight is 493 g/mol. The van der Waals surface area contributed by atoms with Crippen molar-refractivity contribution in [3.05, 3.63) is 87.4 Å². The molecule has 0 saturated carbocycles. The summed E-state index contributed by atoms with van der Waals surface area (Å²) >= 11 is 12.2. The van der Waals surface area contributed by atoms with Crippen LogP contribution in [0.25, 0.3) is 0 Å². The van der Waals surface area contributed by atoms with Crippen molar-refractivity contribution in [1.82, 2.24) is 5.32 Å². The molecule has 3 rings (SSSR count). The summed E-state index contributed by atoms with van der Waals surface area (Å²) in [5.41, 5.74) is 2.27. The van der Waals surface area contributed by atoms with Crippen molar-refractivity contribution in [2.24, 2.45) is 0 Å². The number of carbonyl (C=O) groups is 1. The smallest absolute Gasteiger partial charge is 0.261 e. The molecule has 0 aliphatic rings. The maximum Gasteiger partial charge on any atom is 0.261 e. The Morgan fingerprint density at radius 1 is 0.938 bits per heavy atom. The van der Waals surface area contributed by atoms with Gasteiger partial charge in [0, 0.05) is 10.7 Å². The fraction of sp³-hybridized carbons (Fsp3) is 0.174. The van der Waals surface area contributed by atoms with Crippen LogP contribution in [-0.2, 0) is 10.0 Å². The molecule has 3 aromatic carbocycles. The predicted molar refractivity (Wildman–Crippen MR) is 127 cm³/mol. The van der Waals surface area contributed by atoms with Gasteiger partial charge in [0.2, 0.25) is 0 Å². The fourth-order valence-corrected chi connectivity index (χ4v) is 4.21. The van der Waals surface area contributed by atoms with Gasteiger partial charge in [-0.1, -0.05) is 47.0 Å². The molecule has 32 heavy (non-hydrogen) atoms. The van der Waals surface area contributed by atoms with E-state index in [-0.39, 0.29) is 34.3 Å². The first kappa shape index (κ1) is 23.9. The number of anilines is 1. The number of sulfonamides is 1. The van der Waals surface area contributed by atoms with Crippen LogP contribution < -0.4 is 14.8 Å². The first-order valence-electron chi connectivity index (χ1n) is 9.72. The molecule has 0 spiro atoms. The standard InChI is InChI=1S/C23H22Cl2N2O4S/c1-15-3-8-19(9-4-15)32(29,30)27-17-6-10-21(24)20(13-17)23(28)26-11-12-31-18-7-5-16(2)22(25)14-18/h3-10,13-14,27H,11-12H2,1-2H3,(H,26,28). The van der Waals surface area contributed by atoms with E-state index >= 15 is 0 Å². The summed E-state index contributed by atoms with van der Waals surface area (Å²) in [6.07, 6.45) is 0. The Bertz CT molecular complexity index is 1230. The van der Waals surface area contributed by atoms with E-state index in [1.165, 1.54) is 30.3 Å². The predicted octanol–water partition coefficient (Wildman–Crippen LogP) is 5.22. The van der Waals surface area contributed by atoms with Crippen molar-refractivity contribution < 1.29 is 17.9 Å². The van der Waals surface area contributed by atoms with E-state index in [0.29, 0.717) is 10.8 Å². The lowest BCUT2D eigenvalue weighted by Gasteiger charge is -2.12. The number of rotatable bonds is 8. The molecule has 0 aliphatic heterocycles. The Kier molecular flexibility index (Phi) is 7.66. The number of hydrogen-bond donors (Lipinski definition) is 2. The van der Waals surface area contributed by atoms with Gasteiger partial charge in [-0.25, -0.2) is 8.42 Å². The third-order valence-corrected chi connectivity index (χ3v) is 6.73. The van der Waals surface area contributed by atoms with Crippen molar-refractivity contribution >= 4 is 44.8 Å². The normalized spacial score (nSPS) is 11.1. The zero-order valence-corrected chi connectivity index (χ0v) is 19.8. The SMILES string of the molecule is Cc1ccc(S(=O)(=O)Nc2ccc(Cl)c(C(=O)NCCOc3ccc(C)c(Cl)c3)c2)cc1. The van der Waals surface area contributed by atoms with Crippen LogP contribution in [-0.4, -0.2) is 27.5 Å². The van der Waals surface area contributed by atoms with Gasteiger partial charge in [0.15, 0.2) is 0 Å². The summed E-state index contributed by atoms with van der Waals surface area (Å²) in [5.74, 6) is 0.150. The molecule has 0 aromatic heterocycles. The van der Waals surface area contributed by atoms with Crippen LogP contribution in [0, 0.1) is 13.8 Å². The van der Waals surface area contributed by atoms with Crippen LogP contribution in [0.3, 0.4) is 0 Å². The largest absolute Gasteiger partial charge is 0.492 e. The fourth-order valence-electron chi connectivity index (χ4n) is 2.79. The number of benzene rings is 3. The van der Waals surface area contributed by atoms with E-state index in [1.807, 2.05) is 19.9 Å². The minimum Gasteiger partial charge on any atom is -0.492 e. The Morgan fingerprint density at radius 2 is 1.66 bits per heavy atom. The molecular weight excluding hydrogens is 471 g/mol. The summed E-state index contributed by atoms with van der Waals surface area (Å²) < 4.78 is 33.3. The molecule has 0 aliphatic carbocycles. The Balaban J connectivity index is 1.62. The van der Waals surface area contributed by atoms with E-state index in [2.05, 4.69) is 10.0 Å². The number of carbonyl (C=O) groups excluding carboxylic acids is 1. The lowest BCUT2D eigenvalue weighted by molar-refractivity contribution is 0.0947. The van der Waals surface area contributed by atoms with Crippen molar-refractivity contribution in [3.63, 3.8) is 0 Å². The van der Waals surface area contributed by atoms with E-state index in [0.717, 1.165) is 11.1 Å². The number of aryl methyl sites for hydroxylation is 2. The summed E-state index contributed by atoms with van der Waals surface area (Å²) in [4.78, 5) is 12.7. The van der Waals surface area contributed by atoms with Gasteiger partial charge in [0.05, 0.1) is 22.0 Å². The van der Waals surface area contributed by atoms with Crippen LogP contribution >= 0.6 is 23.2 Å². The molecule has 0 unspecified atom stereocenters. The molecular formula is C23H22Cl2N2O4S. The average Bonchev–Trinajstić information content (AvgIpc) is 2.75. The van der Waals surface area contributed by atoms with E-state index in [4.69, 9.17) is 27.9 Å². The molecule has 1 amide bonds. The molecule has 168 valence electrons. The number of hydrogen-bond acceptors (Lipinski definition) is 4. The Morgan fingerprint density at radius 3 is 2.34 bits per heavy atom. The molecule has 0 bridgehead atoms. The van der Waals surface area contributed by atoms with Gasteiger partial charge in [0.25, 0.3) is 15.9 Å². The molecule has 0 radical (unpaired) electrons. The van der Waals surface area contributed by atoms with Gasteiger partial charge >= 0.3 is 0 Å². The first-order valence-corrected chi connectivity index (χ1v) is 12.0. The number of amides is 1. The highest BCUT2D eigenvalue weighted by atomic mass is 35.5. The van der Waals surface area contributed by atoms with Crippen molar-refractivity contribution in [1.29, 1.82) is 0 Å². The summed E-state index contributed by atoms with van der Waals surface area (Å²) in [5, 5.41) is 3.51. The van der Waals surface area contributed by atoms with Crippen molar-refractivity contribution in [3.8, 4) is 5.75 Å². The van der Waals surface area contributed by atoms with E-state index in [9.17, 15) is 13.2 Å². The van der Waals surface area contributed by atoms with Gasteiger partial charge in [-0.3, -0.25) is 9.52 Å². The quantitative estimate of drug-likeness (QED) is 0.422. The highest BCUT2D eigenvalue weighted by Crippen LogP contribution is 2.24. The Hall–Kier alpha value is -2.74. The second-order valence-electron chi connectivity index (χ2n) is 7.13. The zero-order chi connectivity index (χ0) is 23.3. The van der Waals surface area contributed by atoms with E-state index in [1.54, 1.807) is 24.3 Å². The van der Waals surface area contributed by atoms with Crippen molar-refractivity contribution in [2.45, 2.75) is 18.7 Å². The lowest BCUT2D eigenvalue weighted by Crippen LogP contribution is -2.28. The second kappa shape index (κ2) is 10.3. The van der Waals surface area contributed by atoms with Crippen LogP contribution in [0.5, 0.6) is 5.75 Å². The molecule has 6 nitrogen and oxygen atoms in total. The molecule has 3 aromatic rings. The minimum atomic E-state index is -3.80. The molecule has 0 heterocycles. The third-order valence-electron chi connectivity index (χ3n) is 4.59. The summed E-state index contributed by atoms with van der Waals surface area (Å²) in [6, 6.07) is 16.2. The highest BCUT2D eigenvalue weighted by Gasteiger charge is 2.17. The molecule has 0 saturated heterocycles. The third kappa shape index (κ3) is 6.16. The van der Waals surface area contributed by atoms with E-state index < -0.39 is 15.9 Å². The maximum atomic E-state index is 12.6. The van der Waals surface area contributed by atoms with Crippen LogP contribution in [0.15, 0.2) is 65.6 Å². The van der Waals surface area contributed by atoms with Gasteiger partial charge in [-0.2, -0.15) is 0 Å². The molecule has 2 N–H and O–H groups in total. The molecule has 0 atom stereocenters. The van der Waals surface area contributed by atoms with Gasteiger partial charge in [-0.15, -0.1) is 0 Å². The van der Waals surface area contributed by atoms with Crippen LogP contribution in [0.2, 0.25) is 10.0 Å². The molecule has 0 fully saturated rings. The second-order valence-corrected chi connectivity index (χ2v) is 9.63. The van der Waals surface area contributed by atoms with Gasteiger partial charge in [-0.05, 0) is 61.9 Å². The topological polar surface area (TPSA) is 84.5 Å². The van der Waals surface area contributed by atoms with Crippen LogP contribution in [0.4, 0.5) is 5.69 Å². The number of ether oxygens (including phenoxy) is 1. The summed E-state index contributed by atoms with van der Waals surface area (Å²) in [6.45, 7) is 4.21. The molecule has 9 heteroatoms. The minimum absolute atomic E-state index is 0.123. The lowest BCUT2D eigenvalue weighted by atomic mass is 10.2. The monoisotopic (exact) mass is 492 g/mol.